The summed E-state index contributed by atoms with van der Waals surface area (Å²) in [5, 5.41) is 13.2. The predicted octanol–water partition coefficient (Wildman–Crippen LogP) is 3.61. The molecule has 4 heteroatoms. The Morgan fingerprint density at radius 2 is 2.00 bits per heavy atom. The van der Waals surface area contributed by atoms with Crippen LogP contribution >= 0.6 is 23.8 Å². The van der Waals surface area contributed by atoms with Gasteiger partial charge in [-0.25, -0.2) is 0 Å². The normalized spacial score (nSPS) is 17.6. The summed E-state index contributed by atoms with van der Waals surface area (Å²) >= 11 is 11.2. The number of piperidine rings is 1. The highest BCUT2D eigenvalue weighted by molar-refractivity contribution is 7.81. The van der Waals surface area contributed by atoms with Crippen molar-refractivity contribution < 1.29 is 0 Å². The van der Waals surface area contributed by atoms with Gasteiger partial charge in [-0.15, -0.1) is 0 Å². The highest BCUT2D eigenvalue weighted by atomic mass is 35.5. The third-order valence-electron chi connectivity index (χ3n) is 2.94. The molecule has 18 heavy (non-hydrogen) atoms. The highest BCUT2D eigenvalue weighted by Gasteiger charge is 2.15. The van der Waals surface area contributed by atoms with E-state index in [1.807, 2.05) is 12.1 Å². The van der Waals surface area contributed by atoms with Gasteiger partial charge in [0.1, 0.15) is 6.07 Å². The first-order valence-corrected chi connectivity index (χ1v) is 6.68. The largest absolute Gasteiger partial charge is 0.387 e. The number of nitrogens with zero attached hydrogens (tertiary/aromatic N) is 1. The molecule has 92 valence electrons. The van der Waals surface area contributed by atoms with Gasteiger partial charge in [-0.05, 0) is 37.0 Å². The van der Waals surface area contributed by atoms with Crippen molar-refractivity contribution in [3.05, 3.63) is 46.1 Å². The van der Waals surface area contributed by atoms with Gasteiger partial charge in [-0.1, -0.05) is 36.0 Å². The second-order valence-electron chi connectivity index (χ2n) is 4.19. The minimum atomic E-state index is 0.590. The second-order valence-corrected chi connectivity index (χ2v) is 5.03. The molecule has 1 fully saturated rings. The summed E-state index contributed by atoms with van der Waals surface area (Å²) in [4.78, 5) is 0.596. The Morgan fingerprint density at radius 1 is 1.28 bits per heavy atom. The smallest absolute Gasteiger partial charge is 0.102 e. The van der Waals surface area contributed by atoms with Crippen LogP contribution in [0.3, 0.4) is 0 Å². The van der Waals surface area contributed by atoms with Crippen LogP contribution in [0, 0.1) is 11.3 Å². The molecule has 0 aromatic heterocycles. The fraction of sp³-hybridized carbons (Fsp3) is 0.286. The molecule has 1 saturated heterocycles. The van der Waals surface area contributed by atoms with Crippen LogP contribution in [0.2, 0.25) is 5.02 Å². The van der Waals surface area contributed by atoms with E-state index in [0.717, 1.165) is 37.1 Å². The average Bonchev–Trinajstić information content (AvgIpc) is 2.41. The summed E-state index contributed by atoms with van der Waals surface area (Å²) in [6.07, 6.45) is 3.16. The third-order valence-corrected chi connectivity index (χ3v) is 3.63. The standard InChI is InChI=1S/C14H13ClN2S/c15-11-6-4-10(5-7-11)14(18)12(9-16)13-3-1-2-8-17-13/h4-7,17H,1-3,8H2/b13-12-. The van der Waals surface area contributed by atoms with Crippen molar-refractivity contribution in [3.63, 3.8) is 0 Å². The molecular formula is C14H13ClN2S. The second kappa shape index (κ2) is 5.99. The average molecular weight is 277 g/mol. The molecule has 0 radical (unpaired) electrons. The highest BCUT2D eigenvalue weighted by Crippen LogP contribution is 2.20. The minimum absolute atomic E-state index is 0.590. The van der Waals surface area contributed by atoms with E-state index >= 15 is 0 Å². The number of hydrogen-bond acceptors (Lipinski definition) is 3. The molecule has 2 nitrogen and oxygen atoms in total. The Bertz CT molecular complexity index is 518. The lowest BCUT2D eigenvalue weighted by molar-refractivity contribution is 0.586. The molecule has 1 aromatic carbocycles. The van der Waals surface area contributed by atoms with E-state index in [4.69, 9.17) is 23.8 Å². The molecule has 1 aliphatic rings. The first kappa shape index (κ1) is 13.1. The first-order chi connectivity index (χ1) is 8.72. The SMILES string of the molecule is N#C/C(C(=S)c1ccc(Cl)cc1)=C1\CCCCN1. The Morgan fingerprint density at radius 3 is 2.56 bits per heavy atom. The number of nitrogens with one attached hydrogen (secondary N) is 1. The van der Waals surface area contributed by atoms with E-state index in [1.54, 1.807) is 12.1 Å². The van der Waals surface area contributed by atoms with Crippen molar-refractivity contribution in [1.29, 1.82) is 5.26 Å². The number of allylic oxidation sites excluding steroid dienone is 2. The van der Waals surface area contributed by atoms with Crippen molar-refractivity contribution in [2.45, 2.75) is 19.3 Å². The van der Waals surface area contributed by atoms with Crippen LogP contribution in [0.4, 0.5) is 0 Å². The zero-order valence-electron chi connectivity index (χ0n) is 9.87. The van der Waals surface area contributed by atoms with Gasteiger partial charge in [-0.3, -0.25) is 0 Å². The van der Waals surface area contributed by atoms with Crippen LogP contribution in [-0.4, -0.2) is 11.4 Å². The molecule has 0 saturated carbocycles. The van der Waals surface area contributed by atoms with Crippen molar-refractivity contribution >= 4 is 28.7 Å². The van der Waals surface area contributed by atoms with E-state index in [9.17, 15) is 5.26 Å². The van der Waals surface area contributed by atoms with Gasteiger partial charge in [-0.2, -0.15) is 5.26 Å². The maximum atomic E-state index is 9.30. The van der Waals surface area contributed by atoms with Crippen molar-refractivity contribution in [1.82, 2.24) is 5.32 Å². The molecule has 0 spiro atoms. The number of nitriles is 1. The lowest BCUT2D eigenvalue weighted by Gasteiger charge is -2.18. The molecular weight excluding hydrogens is 264 g/mol. The number of thiocarbonyl (C=S) groups is 1. The fourth-order valence-corrected chi connectivity index (χ4v) is 2.40. The molecule has 1 aromatic rings. The molecule has 0 aliphatic carbocycles. The van der Waals surface area contributed by atoms with Gasteiger partial charge in [0.2, 0.25) is 0 Å². The lowest BCUT2D eigenvalue weighted by atomic mass is 9.99. The molecule has 1 N–H and O–H groups in total. The van der Waals surface area contributed by atoms with Crippen molar-refractivity contribution in [3.8, 4) is 6.07 Å². The van der Waals surface area contributed by atoms with E-state index in [0.29, 0.717) is 15.5 Å². The molecule has 1 heterocycles. The minimum Gasteiger partial charge on any atom is -0.387 e. The summed E-state index contributed by atoms with van der Waals surface area (Å²) < 4.78 is 0. The Labute approximate surface area is 117 Å². The monoisotopic (exact) mass is 276 g/mol. The zero-order chi connectivity index (χ0) is 13.0. The summed E-state index contributed by atoms with van der Waals surface area (Å²) in [6.45, 7) is 0.920. The van der Waals surface area contributed by atoms with Gasteiger partial charge in [0.15, 0.2) is 0 Å². The first-order valence-electron chi connectivity index (χ1n) is 5.90. The van der Waals surface area contributed by atoms with Crippen LogP contribution in [-0.2, 0) is 0 Å². The molecule has 1 aliphatic heterocycles. The molecule has 0 amide bonds. The zero-order valence-corrected chi connectivity index (χ0v) is 11.4. The maximum Gasteiger partial charge on any atom is 0.102 e. The van der Waals surface area contributed by atoms with Crippen molar-refractivity contribution in [2.24, 2.45) is 0 Å². The Balaban J connectivity index is 2.31. The van der Waals surface area contributed by atoms with Gasteiger partial charge in [0.25, 0.3) is 0 Å². The van der Waals surface area contributed by atoms with Crippen LogP contribution in [0.1, 0.15) is 24.8 Å². The van der Waals surface area contributed by atoms with Crippen LogP contribution in [0.25, 0.3) is 0 Å². The van der Waals surface area contributed by atoms with Gasteiger partial charge in [0, 0.05) is 17.3 Å². The summed E-state index contributed by atoms with van der Waals surface area (Å²) in [6, 6.07) is 9.51. The summed E-state index contributed by atoms with van der Waals surface area (Å²) in [5.74, 6) is 0. The maximum absolute atomic E-state index is 9.30. The summed E-state index contributed by atoms with van der Waals surface area (Å²) in [5.41, 5.74) is 2.43. The van der Waals surface area contributed by atoms with Gasteiger partial charge in [0.05, 0.1) is 10.4 Å². The van der Waals surface area contributed by atoms with Crippen molar-refractivity contribution in [2.75, 3.05) is 6.54 Å². The van der Waals surface area contributed by atoms with Crippen LogP contribution in [0.15, 0.2) is 35.5 Å². The van der Waals surface area contributed by atoms with E-state index < -0.39 is 0 Å². The molecule has 2 rings (SSSR count). The predicted molar refractivity (Wildman–Crippen MR) is 77.6 cm³/mol. The number of rotatable bonds is 2. The Kier molecular flexibility index (Phi) is 4.35. The van der Waals surface area contributed by atoms with E-state index in [1.165, 1.54) is 0 Å². The molecule has 0 atom stereocenters. The van der Waals surface area contributed by atoms with Crippen LogP contribution in [0.5, 0.6) is 0 Å². The lowest BCUT2D eigenvalue weighted by Crippen LogP contribution is -2.23. The number of halogens is 1. The number of hydrogen-bond donors (Lipinski definition) is 1. The topological polar surface area (TPSA) is 35.8 Å². The third kappa shape index (κ3) is 2.90. The number of benzene rings is 1. The van der Waals surface area contributed by atoms with Gasteiger partial charge >= 0.3 is 0 Å². The molecule has 0 unspecified atom stereocenters. The Hall–Kier alpha value is -1.37. The van der Waals surface area contributed by atoms with Crippen LogP contribution < -0.4 is 5.32 Å². The van der Waals surface area contributed by atoms with E-state index in [2.05, 4.69) is 11.4 Å². The summed E-state index contributed by atoms with van der Waals surface area (Å²) in [7, 11) is 0. The quantitative estimate of drug-likeness (QED) is 0.388. The fourth-order valence-electron chi connectivity index (χ4n) is 1.97. The van der Waals surface area contributed by atoms with E-state index in [-0.39, 0.29) is 0 Å². The molecule has 0 bridgehead atoms. The van der Waals surface area contributed by atoms with Gasteiger partial charge < -0.3 is 5.32 Å².